The first-order valence-electron chi connectivity index (χ1n) is 10.2. The molecule has 0 aromatic heterocycles. The molecule has 3 rings (SSSR count). The Morgan fingerprint density at radius 3 is 2.27 bits per heavy atom. The van der Waals surface area contributed by atoms with Gasteiger partial charge in [-0.05, 0) is 49.4 Å². The minimum absolute atomic E-state index is 0.169. The predicted molar refractivity (Wildman–Crippen MR) is 110 cm³/mol. The summed E-state index contributed by atoms with van der Waals surface area (Å²) < 4.78 is 18.7. The number of halogens is 1. The molecule has 1 amide bonds. The van der Waals surface area contributed by atoms with E-state index in [1.165, 1.54) is 19.1 Å². The van der Waals surface area contributed by atoms with Gasteiger partial charge in [0.05, 0.1) is 11.5 Å². The standard InChI is InChI=1S/C24H26FNO4/c1-17(27)21(15-18-7-3-2-4-8-18)26-22(28)16-30-23(29)24(13-5-6-14-24)19-9-11-20(25)12-10-19/h2-4,7-12,21H,5-6,13-16H2,1H3,(H,26,28)/t21-/m0/s1. The number of hydrogen-bond donors (Lipinski definition) is 1. The Morgan fingerprint density at radius 2 is 1.67 bits per heavy atom. The second-order valence-corrected chi connectivity index (χ2v) is 7.79. The van der Waals surface area contributed by atoms with Crippen molar-refractivity contribution in [2.24, 2.45) is 0 Å². The summed E-state index contributed by atoms with van der Waals surface area (Å²) in [7, 11) is 0. The van der Waals surface area contributed by atoms with Gasteiger partial charge in [0.25, 0.3) is 5.91 Å². The summed E-state index contributed by atoms with van der Waals surface area (Å²) >= 11 is 0. The summed E-state index contributed by atoms with van der Waals surface area (Å²) in [4.78, 5) is 37.2. The maximum atomic E-state index is 13.3. The summed E-state index contributed by atoms with van der Waals surface area (Å²) in [5.41, 5.74) is 0.784. The van der Waals surface area contributed by atoms with Gasteiger partial charge in [0.2, 0.25) is 0 Å². The molecule has 2 aromatic carbocycles. The van der Waals surface area contributed by atoms with Crippen molar-refractivity contribution in [1.29, 1.82) is 0 Å². The summed E-state index contributed by atoms with van der Waals surface area (Å²) in [5, 5.41) is 2.66. The van der Waals surface area contributed by atoms with Crippen molar-refractivity contribution in [3.63, 3.8) is 0 Å². The third kappa shape index (κ3) is 5.12. The molecule has 2 aromatic rings. The average molecular weight is 411 g/mol. The smallest absolute Gasteiger partial charge is 0.317 e. The minimum Gasteiger partial charge on any atom is -0.455 e. The summed E-state index contributed by atoms with van der Waals surface area (Å²) in [6.45, 7) is 0.961. The zero-order valence-corrected chi connectivity index (χ0v) is 17.0. The Hall–Kier alpha value is -3.02. The van der Waals surface area contributed by atoms with Crippen molar-refractivity contribution < 1.29 is 23.5 Å². The van der Waals surface area contributed by atoms with Gasteiger partial charge in [-0.25, -0.2) is 4.39 Å². The largest absolute Gasteiger partial charge is 0.455 e. The second kappa shape index (κ2) is 9.65. The molecule has 1 fully saturated rings. The molecule has 1 N–H and O–H groups in total. The number of nitrogens with one attached hydrogen (secondary N) is 1. The van der Waals surface area contributed by atoms with Crippen molar-refractivity contribution in [3.05, 3.63) is 71.5 Å². The van der Waals surface area contributed by atoms with Gasteiger partial charge in [-0.3, -0.25) is 14.4 Å². The van der Waals surface area contributed by atoms with Gasteiger partial charge in [-0.15, -0.1) is 0 Å². The molecule has 0 spiro atoms. The van der Waals surface area contributed by atoms with Crippen LogP contribution < -0.4 is 5.32 Å². The van der Waals surface area contributed by atoms with E-state index in [1.54, 1.807) is 12.1 Å². The SMILES string of the molecule is CC(=O)[C@H](Cc1ccccc1)NC(=O)COC(=O)C1(c2ccc(F)cc2)CCCC1. The van der Waals surface area contributed by atoms with Crippen LogP contribution in [0.5, 0.6) is 0 Å². The number of ketones is 1. The molecule has 1 aliphatic carbocycles. The first-order valence-corrected chi connectivity index (χ1v) is 10.2. The molecule has 1 atom stereocenters. The molecular formula is C24H26FNO4. The molecule has 0 radical (unpaired) electrons. The molecule has 30 heavy (non-hydrogen) atoms. The van der Waals surface area contributed by atoms with Crippen LogP contribution in [0.4, 0.5) is 4.39 Å². The van der Waals surface area contributed by atoms with E-state index in [0.717, 1.165) is 18.4 Å². The zero-order valence-electron chi connectivity index (χ0n) is 17.0. The van der Waals surface area contributed by atoms with Crippen molar-refractivity contribution in [2.45, 2.75) is 50.5 Å². The Morgan fingerprint density at radius 1 is 1.03 bits per heavy atom. The molecule has 0 unspecified atom stereocenters. The van der Waals surface area contributed by atoms with Crippen molar-refractivity contribution >= 4 is 17.7 Å². The highest BCUT2D eigenvalue weighted by atomic mass is 19.1. The fraction of sp³-hybridized carbons (Fsp3) is 0.375. The first-order chi connectivity index (χ1) is 14.4. The lowest BCUT2D eigenvalue weighted by Crippen LogP contribution is -2.44. The van der Waals surface area contributed by atoms with E-state index >= 15 is 0 Å². The van der Waals surface area contributed by atoms with E-state index in [0.29, 0.717) is 24.8 Å². The van der Waals surface area contributed by atoms with Crippen LogP contribution in [0.25, 0.3) is 0 Å². The number of benzene rings is 2. The lowest BCUT2D eigenvalue weighted by atomic mass is 9.79. The van der Waals surface area contributed by atoms with E-state index in [2.05, 4.69) is 5.32 Å². The Bertz CT molecular complexity index is 889. The second-order valence-electron chi connectivity index (χ2n) is 7.79. The van der Waals surface area contributed by atoms with Gasteiger partial charge in [-0.2, -0.15) is 0 Å². The maximum absolute atomic E-state index is 13.3. The molecule has 1 saturated carbocycles. The van der Waals surface area contributed by atoms with Crippen LogP contribution in [-0.2, 0) is 31.0 Å². The third-order valence-electron chi connectivity index (χ3n) is 5.69. The van der Waals surface area contributed by atoms with Crippen LogP contribution in [0.15, 0.2) is 54.6 Å². The highest BCUT2D eigenvalue weighted by Gasteiger charge is 2.44. The van der Waals surface area contributed by atoms with Crippen LogP contribution in [0.2, 0.25) is 0 Å². The Labute approximate surface area is 175 Å². The topological polar surface area (TPSA) is 72.5 Å². The van der Waals surface area contributed by atoms with E-state index in [1.807, 2.05) is 30.3 Å². The quantitative estimate of drug-likeness (QED) is 0.675. The number of amides is 1. The highest BCUT2D eigenvalue weighted by molar-refractivity contribution is 5.90. The highest BCUT2D eigenvalue weighted by Crippen LogP contribution is 2.42. The number of Topliss-reactive ketones (excluding diaryl/α,β-unsaturated/α-hetero) is 1. The van der Waals surface area contributed by atoms with Gasteiger partial charge in [0, 0.05) is 0 Å². The maximum Gasteiger partial charge on any atom is 0.317 e. The monoisotopic (exact) mass is 411 g/mol. The molecule has 1 aliphatic rings. The van der Waals surface area contributed by atoms with E-state index in [4.69, 9.17) is 4.74 Å². The summed E-state index contributed by atoms with van der Waals surface area (Å²) in [5.74, 6) is -1.54. The molecule has 158 valence electrons. The number of esters is 1. The number of hydrogen-bond acceptors (Lipinski definition) is 4. The number of rotatable bonds is 8. The summed E-state index contributed by atoms with van der Waals surface area (Å²) in [6.07, 6.45) is 3.30. The fourth-order valence-corrected chi connectivity index (χ4v) is 4.01. The molecule has 0 bridgehead atoms. The van der Waals surface area contributed by atoms with Gasteiger partial charge in [-0.1, -0.05) is 55.3 Å². The van der Waals surface area contributed by atoms with E-state index < -0.39 is 29.9 Å². The van der Waals surface area contributed by atoms with Crippen molar-refractivity contribution in [2.75, 3.05) is 6.61 Å². The van der Waals surface area contributed by atoms with E-state index in [9.17, 15) is 18.8 Å². The van der Waals surface area contributed by atoms with Crippen molar-refractivity contribution in [1.82, 2.24) is 5.32 Å². The lowest BCUT2D eigenvalue weighted by Gasteiger charge is -2.27. The van der Waals surface area contributed by atoms with Crippen LogP contribution in [0, 0.1) is 5.82 Å². The predicted octanol–water partition coefficient (Wildman–Crippen LogP) is 3.50. The minimum atomic E-state index is -0.849. The Balaban J connectivity index is 1.61. The average Bonchev–Trinajstić information content (AvgIpc) is 3.24. The van der Waals surface area contributed by atoms with Gasteiger partial charge < -0.3 is 10.1 Å². The number of ether oxygens (including phenoxy) is 1. The zero-order chi connectivity index (χ0) is 21.6. The molecule has 6 heteroatoms. The normalized spacial score (nSPS) is 15.9. The Kier molecular flexibility index (Phi) is 6.98. The van der Waals surface area contributed by atoms with Crippen LogP contribution in [0.3, 0.4) is 0 Å². The molecule has 0 aliphatic heterocycles. The van der Waals surface area contributed by atoms with E-state index in [-0.39, 0.29) is 11.6 Å². The van der Waals surface area contributed by atoms with Crippen LogP contribution >= 0.6 is 0 Å². The third-order valence-corrected chi connectivity index (χ3v) is 5.69. The molecule has 0 saturated heterocycles. The van der Waals surface area contributed by atoms with Crippen molar-refractivity contribution in [3.8, 4) is 0 Å². The molecule has 0 heterocycles. The van der Waals surface area contributed by atoms with Crippen LogP contribution in [0.1, 0.15) is 43.7 Å². The molecule has 5 nitrogen and oxygen atoms in total. The lowest BCUT2D eigenvalue weighted by molar-refractivity contribution is -0.154. The van der Waals surface area contributed by atoms with Gasteiger partial charge >= 0.3 is 5.97 Å². The summed E-state index contributed by atoms with van der Waals surface area (Å²) in [6, 6.07) is 14.6. The van der Waals surface area contributed by atoms with Crippen LogP contribution in [-0.4, -0.2) is 30.3 Å². The number of carbonyl (C=O) groups is 3. The number of carbonyl (C=O) groups excluding carboxylic acids is 3. The first kappa shape index (κ1) is 21.7. The molecular weight excluding hydrogens is 385 g/mol. The van der Waals surface area contributed by atoms with Gasteiger partial charge in [0.15, 0.2) is 12.4 Å². The van der Waals surface area contributed by atoms with Gasteiger partial charge in [0.1, 0.15) is 5.82 Å². The fourth-order valence-electron chi connectivity index (χ4n) is 4.01.